The van der Waals surface area contributed by atoms with Crippen LogP contribution in [0.2, 0.25) is 20.1 Å². The van der Waals surface area contributed by atoms with E-state index >= 15 is 0 Å². The summed E-state index contributed by atoms with van der Waals surface area (Å²) in [6.45, 7) is 0.123. The number of nitrogens with zero attached hydrogens (tertiary/aromatic N) is 1. The molecule has 9 heteroatoms. The van der Waals surface area contributed by atoms with Crippen LogP contribution < -0.4 is 4.90 Å². The predicted molar refractivity (Wildman–Crippen MR) is 120 cm³/mol. The van der Waals surface area contributed by atoms with Crippen molar-refractivity contribution in [3.63, 3.8) is 0 Å². The third-order valence-electron chi connectivity index (χ3n) is 4.67. The Labute approximate surface area is 197 Å². The molecule has 0 bridgehead atoms. The van der Waals surface area contributed by atoms with E-state index in [1.807, 2.05) is 30.3 Å². The number of carbonyl (C=O) groups is 3. The van der Waals surface area contributed by atoms with Crippen LogP contribution in [0, 0.1) is 0 Å². The molecule has 1 aliphatic rings. The van der Waals surface area contributed by atoms with Gasteiger partial charge in [-0.1, -0.05) is 76.7 Å². The van der Waals surface area contributed by atoms with Gasteiger partial charge in [0.15, 0.2) is 0 Å². The van der Waals surface area contributed by atoms with E-state index < -0.39 is 17.8 Å². The van der Waals surface area contributed by atoms with E-state index in [9.17, 15) is 14.4 Å². The average molecular weight is 495 g/mol. The molecule has 1 heterocycles. The fourth-order valence-corrected chi connectivity index (χ4v) is 4.15. The van der Waals surface area contributed by atoms with Crippen molar-refractivity contribution < 1.29 is 19.1 Å². The van der Waals surface area contributed by atoms with Crippen molar-refractivity contribution in [3.05, 3.63) is 96.9 Å². The lowest BCUT2D eigenvalue weighted by Crippen LogP contribution is -2.29. The zero-order chi connectivity index (χ0) is 22.3. The molecule has 31 heavy (non-hydrogen) atoms. The molecule has 0 fully saturated rings. The van der Waals surface area contributed by atoms with Crippen LogP contribution in [0.4, 0.5) is 5.69 Å². The zero-order valence-corrected chi connectivity index (χ0v) is 18.5. The van der Waals surface area contributed by atoms with E-state index in [2.05, 4.69) is 0 Å². The first kappa shape index (κ1) is 21.7. The highest BCUT2D eigenvalue weighted by atomic mass is 35.5. The number of halogens is 4. The van der Waals surface area contributed by atoms with Crippen LogP contribution in [-0.4, -0.2) is 17.8 Å². The normalized spacial score (nSPS) is 12.8. The minimum atomic E-state index is -0.690. The molecule has 0 atom stereocenters. The molecule has 0 unspecified atom stereocenters. The molecule has 1 aliphatic heterocycles. The van der Waals surface area contributed by atoms with Gasteiger partial charge in [0.1, 0.15) is 6.61 Å². The predicted octanol–water partition coefficient (Wildman–Crippen LogP) is 6.46. The first-order chi connectivity index (χ1) is 14.8. The molecule has 3 aromatic rings. The molecule has 156 valence electrons. The molecule has 0 saturated carbocycles. The van der Waals surface area contributed by atoms with Gasteiger partial charge in [0, 0.05) is 0 Å². The van der Waals surface area contributed by atoms with E-state index in [1.54, 1.807) is 0 Å². The molecule has 0 aromatic heterocycles. The SMILES string of the molecule is O=C(OCc1ccccc1)c1ccc(N2C(=O)c3c(Cl)c(Cl)c(Cl)c(Cl)c3C2=O)cc1. The summed E-state index contributed by atoms with van der Waals surface area (Å²) in [6, 6.07) is 15.0. The Hall–Kier alpha value is -2.57. The minimum Gasteiger partial charge on any atom is -0.457 e. The van der Waals surface area contributed by atoms with Crippen molar-refractivity contribution in [2.24, 2.45) is 0 Å². The second kappa shape index (κ2) is 8.52. The van der Waals surface area contributed by atoms with Crippen LogP contribution in [0.3, 0.4) is 0 Å². The summed E-state index contributed by atoms with van der Waals surface area (Å²) in [7, 11) is 0. The Kier molecular flexibility index (Phi) is 5.95. The first-order valence-corrected chi connectivity index (χ1v) is 10.4. The fourth-order valence-electron chi connectivity index (χ4n) is 3.14. The number of imide groups is 1. The standard InChI is InChI=1S/C22H11Cl4NO4/c23-16-14-15(17(24)19(26)18(16)25)21(29)27(20(14)28)13-8-6-12(7-9-13)22(30)31-10-11-4-2-1-3-5-11/h1-9H,10H2. The Balaban J connectivity index is 1.57. The summed E-state index contributed by atoms with van der Waals surface area (Å²) in [6.07, 6.45) is 0. The number of amides is 2. The van der Waals surface area contributed by atoms with Gasteiger partial charge < -0.3 is 4.74 Å². The van der Waals surface area contributed by atoms with Gasteiger partial charge in [0.05, 0.1) is 42.5 Å². The van der Waals surface area contributed by atoms with Gasteiger partial charge >= 0.3 is 5.97 Å². The summed E-state index contributed by atoms with van der Waals surface area (Å²) < 4.78 is 5.28. The molecule has 2 amide bonds. The van der Waals surface area contributed by atoms with Crippen molar-refractivity contribution in [1.82, 2.24) is 0 Å². The van der Waals surface area contributed by atoms with Crippen molar-refractivity contribution in [1.29, 1.82) is 0 Å². The molecule has 4 rings (SSSR count). The van der Waals surface area contributed by atoms with Gasteiger partial charge in [-0.25, -0.2) is 9.69 Å². The van der Waals surface area contributed by atoms with Crippen LogP contribution in [-0.2, 0) is 11.3 Å². The highest BCUT2D eigenvalue weighted by molar-refractivity contribution is 6.56. The zero-order valence-electron chi connectivity index (χ0n) is 15.5. The molecule has 0 spiro atoms. The van der Waals surface area contributed by atoms with Gasteiger partial charge in [-0.3, -0.25) is 9.59 Å². The topological polar surface area (TPSA) is 63.7 Å². The molecular formula is C22H11Cl4NO4. The van der Waals surface area contributed by atoms with Crippen LogP contribution in [0.1, 0.15) is 36.6 Å². The van der Waals surface area contributed by atoms with Crippen LogP contribution in [0.25, 0.3) is 0 Å². The Morgan fingerprint density at radius 2 is 1.26 bits per heavy atom. The van der Waals surface area contributed by atoms with E-state index in [-0.39, 0.29) is 49.1 Å². The number of hydrogen-bond acceptors (Lipinski definition) is 4. The maximum atomic E-state index is 12.9. The summed E-state index contributed by atoms with van der Waals surface area (Å²) >= 11 is 24.3. The van der Waals surface area contributed by atoms with Crippen molar-refractivity contribution in [2.75, 3.05) is 4.90 Å². The van der Waals surface area contributed by atoms with Crippen molar-refractivity contribution in [2.45, 2.75) is 6.61 Å². The first-order valence-electron chi connectivity index (χ1n) is 8.87. The maximum absolute atomic E-state index is 12.9. The van der Waals surface area contributed by atoms with Crippen LogP contribution in [0.5, 0.6) is 0 Å². The minimum absolute atomic E-state index is 0.105. The quantitative estimate of drug-likeness (QED) is 0.181. The third-order valence-corrected chi connectivity index (χ3v) is 6.48. The van der Waals surface area contributed by atoms with Gasteiger partial charge in [0.2, 0.25) is 0 Å². The number of benzene rings is 3. The average Bonchev–Trinajstić information content (AvgIpc) is 3.05. The summed E-state index contributed by atoms with van der Waals surface area (Å²) in [5, 5.41) is -0.501. The molecular weight excluding hydrogens is 484 g/mol. The van der Waals surface area contributed by atoms with Crippen LogP contribution >= 0.6 is 46.4 Å². The largest absolute Gasteiger partial charge is 0.457 e. The lowest BCUT2D eigenvalue weighted by Gasteiger charge is -2.14. The smallest absolute Gasteiger partial charge is 0.338 e. The van der Waals surface area contributed by atoms with Crippen molar-refractivity contribution in [3.8, 4) is 0 Å². The highest BCUT2D eigenvalue weighted by Crippen LogP contribution is 2.45. The lowest BCUT2D eigenvalue weighted by atomic mass is 10.1. The third kappa shape index (κ3) is 3.79. The number of hydrogen-bond donors (Lipinski definition) is 0. The molecule has 0 radical (unpaired) electrons. The fraction of sp³-hybridized carbons (Fsp3) is 0.0455. The van der Waals surface area contributed by atoms with E-state index in [0.717, 1.165) is 10.5 Å². The second-order valence-corrected chi connectivity index (χ2v) is 8.07. The highest BCUT2D eigenvalue weighted by Gasteiger charge is 2.42. The number of ether oxygens (including phenoxy) is 1. The molecule has 0 saturated heterocycles. The number of fused-ring (bicyclic) bond motifs is 1. The number of anilines is 1. The van der Waals surface area contributed by atoms with E-state index in [0.29, 0.717) is 0 Å². The van der Waals surface area contributed by atoms with Crippen LogP contribution in [0.15, 0.2) is 54.6 Å². The lowest BCUT2D eigenvalue weighted by molar-refractivity contribution is 0.0472. The van der Waals surface area contributed by atoms with Gasteiger partial charge in [-0.15, -0.1) is 0 Å². The van der Waals surface area contributed by atoms with Gasteiger partial charge in [-0.2, -0.15) is 0 Å². The van der Waals surface area contributed by atoms with Crippen molar-refractivity contribution >= 4 is 69.9 Å². The van der Waals surface area contributed by atoms with E-state index in [4.69, 9.17) is 51.1 Å². The molecule has 0 aliphatic carbocycles. The van der Waals surface area contributed by atoms with Gasteiger partial charge in [-0.05, 0) is 29.8 Å². The van der Waals surface area contributed by atoms with E-state index in [1.165, 1.54) is 24.3 Å². The molecule has 5 nitrogen and oxygen atoms in total. The van der Waals surface area contributed by atoms with Gasteiger partial charge in [0.25, 0.3) is 11.8 Å². The second-order valence-electron chi connectivity index (χ2n) is 6.56. The summed E-state index contributed by atoms with van der Waals surface area (Å²) in [4.78, 5) is 39.0. The molecule has 0 N–H and O–H groups in total. The number of carbonyl (C=O) groups excluding carboxylic acids is 3. The summed E-state index contributed by atoms with van der Waals surface area (Å²) in [5.41, 5.74) is 1.11. The Morgan fingerprint density at radius 1 is 0.742 bits per heavy atom. The maximum Gasteiger partial charge on any atom is 0.338 e. The monoisotopic (exact) mass is 493 g/mol. The molecule has 3 aromatic carbocycles. The Bertz CT molecular complexity index is 1180. The summed E-state index contributed by atoms with van der Waals surface area (Å²) in [5.74, 6) is -1.92. The number of rotatable bonds is 4. The number of esters is 1. The Morgan fingerprint density at radius 3 is 1.77 bits per heavy atom.